The van der Waals surface area contributed by atoms with Gasteiger partial charge in [0.2, 0.25) is 0 Å². The Bertz CT molecular complexity index is 1190. The number of aryl methyl sites for hydroxylation is 1. The van der Waals surface area contributed by atoms with Crippen molar-refractivity contribution >= 4 is 38.8 Å². The van der Waals surface area contributed by atoms with Crippen LogP contribution in [0.1, 0.15) is 26.1 Å². The molecule has 0 bridgehead atoms. The van der Waals surface area contributed by atoms with Gasteiger partial charge in [-0.1, -0.05) is 24.3 Å². The number of hydrogen-bond donors (Lipinski definition) is 0. The summed E-state index contributed by atoms with van der Waals surface area (Å²) in [5, 5.41) is 4.13. The summed E-state index contributed by atoms with van der Waals surface area (Å²) in [6.07, 6.45) is 0. The van der Waals surface area contributed by atoms with Crippen molar-refractivity contribution in [1.82, 2.24) is 19.8 Å². The Morgan fingerprint density at radius 2 is 1.81 bits per heavy atom. The van der Waals surface area contributed by atoms with Gasteiger partial charge in [0.1, 0.15) is 17.4 Å². The number of ether oxygens (including phenoxy) is 1. The summed E-state index contributed by atoms with van der Waals surface area (Å²) < 4.78 is 7.18. The first-order chi connectivity index (χ1) is 15.7. The molecule has 0 aliphatic carbocycles. The molecule has 0 atom stereocenters. The lowest BCUT2D eigenvalue weighted by molar-refractivity contribution is 0.0624. The number of fused-ring (bicyclic) bond motifs is 1. The minimum absolute atomic E-state index is 0.0229. The fourth-order valence-electron chi connectivity index (χ4n) is 3.85. The van der Waals surface area contributed by atoms with Gasteiger partial charge in [0, 0.05) is 31.6 Å². The molecule has 5 rings (SSSR count). The lowest BCUT2D eigenvalue weighted by Gasteiger charge is -2.34. The Kier molecular flexibility index (Phi) is 6.16. The highest BCUT2D eigenvalue weighted by atomic mass is 32.1. The number of carbonyl (C=O) groups excluding carboxylic acids is 1. The SMILES string of the molecule is Cc1nc(COc2ccccc2C(=O)N2CCN(Cc3nc4ccccc4s3)CC2)cs1. The van der Waals surface area contributed by atoms with E-state index in [1.54, 1.807) is 22.7 Å². The van der Waals surface area contributed by atoms with Crippen molar-refractivity contribution in [3.63, 3.8) is 0 Å². The molecule has 1 aliphatic heterocycles. The van der Waals surface area contributed by atoms with Crippen molar-refractivity contribution in [2.45, 2.75) is 20.1 Å². The highest BCUT2D eigenvalue weighted by Crippen LogP contribution is 2.25. The third-order valence-electron chi connectivity index (χ3n) is 5.52. The van der Waals surface area contributed by atoms with Crippen LogP contribution in [0.4, 0.5) is 0 Å². The van der Waals surface area contributed by atoms with E-state index in [1.165, 1.54) is 4.70 Å². The molecule has 1 amide bonds. The van der Waals surface area contributed by atoms with E-state index < -0.39 is 0 Å². The average molecular weight is 465 g/mol. The normalized spacial score (nSPS) is 14.7. The van der Waals surface area contributed by atoms with Gasteiger partial charge in [-0.05, 0) is 31.2 Å². The van der Waals surface area contributed by atoms with Crippen molar-refractivity contribution in [2.24, 2.45) is 0 Å². The lowest BCUT2D eigenvalue weighted by Crippen LogP contribution is -2.48. The summed E-state index contributed by atoms with van der Waals surface area (Å²) in [5.74, 6) is 0.634. The van der Waals surface area contributed by atoms with Gasteiger partial charge in [-0.15, -0.1) is 22.7 Å². The van der Waals surface area contributed by atoms with E-state index in [-0.39, 0.29) is 5.91 Å². The number of carbonyl (C=O) groups is 1. The Morgan fingerprint density at radius 1 is 1.03 bits per heavy atom. The molecule has 8 heteroatoms. The van der Waals surface area contributed by atoms with Gasteiger partial charge in [0.25, 0.3) is 5.91 Å². The number of aromatic nitrogens is 2. The van der Waals surface area contributed by atoms with Gasteiger partial charge in [-0.25, -0.2) is 9.97 Å². The molecular weight excluding hydrogens is 440 g/mol. The number of thiazole rings is 2. The fourth-order valence-corrected chi connectivity index (χ4v) is 5.46. The summed E-state index contributed by atoms with van der Waals surface area (Å²) in [6, 6.07) is 15.7. The number of nitrogens with zero attached hydrogens (tertiary/aromatic N) is 4. The summed E-state index contributed by atoms with van der Waals surface area (Å²) in [6.45, 7) is 6.24. The van der Waals surface area contributed by atoms with Crippen LogP contribution in [0.15, 0.2) is 53.9 Å². The molecule has 0 spiro atoms. The maximum absolute atomic E-state index is 13.2. The molecule has 0 radical (unpaired) electrons. The van der Waals surface area contributed by atoms with Gasteiger partial charge in [-0.2, -0.15) is 0 Å². The lowest BCUT2D eigenvalue weighted by atomic mass is 10.1. The largest absolute Gasteiger partial charge is 0.486 e. The van der Waals surface area contributed by atoms with E-state index >= 15 is 0 Å². The van der Waals surface area contributed by atoms with E-state index in [2.05, 4.69) is 22.0 Å². The monoisotopic (exact) mass is 464 g/mol. The number of piperazine rings is 1. The summed E-state index contributed by atoms with van der Waals surface area (Å²) in [7, 11) is 0. The van der Waals surface area contributed by atoms with Crippen LogP contribution in [0.2, 0.25) is 0 Å². The molecule has 0 saturated carbocycles. The Hall–Kier alpha value is -2.81. The first-order valence-corrected chi connectivity index (χ1v) is 12.3. The molecule has 6 nitrogen and oxygen atoms in total. The predicted molar refractivity (Wildman–Crippen MR) is 128 cm³/mol. The molecule has 32 heavy (non-hydrogen) atoms. The zero-order valence-corrected chi connectivity index (χ0v) is 19.5. The molecule has 2 aromatic heterocycles. The van der Waals surface area contributed by atoms with E-state index in [0.717, 1.165) is 40.9 Å². The van der Waals surface area contributed by atoms with Crippen LogP contribution < -0.4 is 4.74 Å². The zero-order chi connectivity index (χ0) is 21.9. The van der Waals surface area contributed by atoms with E-state index in [4.69, 9.17) is 9.72 Å². The Labute approximate surface area is 195 Å². The number of para-hydroxylation sites is 2. The molecule has 3 heterocycles. The van der Waals surface area contributed by atoms with Gasteiger partial charge >= 0.3 is 0 Å². The van der Waals surface area contributed by atoms with Crippen molar-refractivity contribution in [1.29, 1.82) is 0 Å². The fraction of sp³-hybridized carbons (Fsp3) is 0.292. The van der Waals surface area contributed by atoms with Crippen molar-refractivity contribution in [2.75, 3.05) is 26.2 Å². The molecule has 1 saturated heterocycles. The molecule has 4 aromatic rings. The van der Waals surface area contributed by atoms with Gasteiger partial charge in [-0.3, -0.25) is 9.69 Å². The predicted octanol–water partition coefficient (Wildman–Crippen LogP) is 4.60. The van der Waals surface area contributed by atoms with Crippen molar-refractivity contribution in [3.8, 4) is 5.75 Å². The van der Waals surface area contributed by atoms with Crippen LogP contribution in [0.3, 0.4) is 0 Å². The number of benzene rings is 2. The molecular formula is C24H24N4O2S2. The number of rotatable bonds is 6. The van der Waals surface area contributed by atoms with Crippen LogP contribution >= 0.6 is 22.7 Å². The van der Waals surface area contributed by atoms with Crippen LogP contribution in [-0.4, -0.2) is 51.9 Å². The topological polar surface area (TPSA) is 58.6 Å². The summed E-state index contributed by atoms with van der Waals surface area (Å²) in [5.41, 5.74) is 2.56. The highest BCUT2D eigenvalue weighted by Gasteiger charge is 2.25. The molecule has 0 N–H and O–H groups in total. The molecule has 1 fully saturated rings. The minimum Gasteiger partial charge on any atom is -0.486 e. The Balaban J connectivity index is 1.20. The van der Waals surface area contributed by atoms with Crippen molar-refractivity contribution < 1.29 is 9.53 Å². The first-order valence-electron chi connectivity index (χ1n) is 10.6. The molecule has 164 valence electrons. The van der Waals surface area contributed by atoms with Crippen LogP contribution in [0.5, 0.6) is 5.75 Å². The van der Waals surface area contributed by atoms with Crippen LogP contribution in [0.25, 0.3) is 10.2 Å². The van der Waals surface area contributed by atoms with Crippen LogP contribution in [0, 0.1) is 6.92 Å². The maximum Gasteiger partial charge on any atom is 0.257 e. The van der Waals surface area contributed by atoms with E-state index in [1.807, 2.05) is 53.6 Å². The third-order valence-corrected chi connectivity index (χ3v) is 7.36. The summed E-state index contributed by atoms with van der Waals surface area (Å²) >= 11 is 3.35. The number of hydrogen-bond acceptors (Lipinski definition) is 7. The van der Waals surface area contributed by atoms with E-state index in [9.17, 15) is 4.79 Å². The van der Waals surface area contributed by atoms with Crippen molar-refractivity contribution in [3.05, 3.63) is 75.2 Å². The second-order valence-corrected chi connectivity index (χ2v) is 9.96. The van der Waals surface area contributed by atoms with Crippen LogP contribution in [-0.2, 0) is 13.2 Å². The third kappa shape index (κ3) is 4.67. The maximum atomic E-state index is 13.2. The summed E-state index contributed by atoms with van der Waals surface area (Å²) in [4.78, 5) is 26.7. The quantitative estimate of drug-likeness (QED) is 0.417. The highest BCUT2D eigenvalue weighted by molar-refractivity contribution is 7.18. The number of amides is 1. The van der Waals surface area contributed by atoms with Gasteiger partial charge in [0.05, 0.1) is 33.0 Å². The second kappa shape index (κ2) is 9.36. The van der Waals surface area contributed by atoms with Gasteiger partial charge in [0.15, 0.2) is 0 Å². The Morgan fingerprint density at radius 3 is 2.59 bits per heavy atom. The average Bonchev–Trinajstić information content (AvgIpc) is 3.43. The molecule has 0 unspecified atom stereocenters. The van der Waals surface area contributed by atoms with E-state index in [0.29, 0.717) is 31.0 Å². The second-order valence-electron chi connectivity index (χ2n) is 7.79. The van der Waals surface area contributed by atoms with Gasteiger partial charge < -0.3 is 9.64 Å². The molecule has 1 aliphatic rings. The molecule has 2 aromatic carbocycles. The smallest absolute Gasteiger partial charge is 0.257 e. The minimum atomic E-state index is 0.0229. The standard InChI is InChI=1S/C24H24N4O2S2/c1-17-25-18(16-31-17)15-30-21-8-4-2-6-19(21)24(29)28-12-10-27(11-13-28)14-23-26-20-7-3-5-9-22(20)32-23/h2-9,16H,10-15H2,1H3. The first kappa shape index (κ1) is 21.1. The zero-order valence-electron chi connectivity index (χ0n) is 17.9.